The topological polar surface area (TPSA) is 81.1 Å². The van der Waals surface area contributed by atoms with Crippen LogP contribution < -0.4 is 5.32 Å². The number of sulfone groups is 1. The van der Waals surface area contributed by atoms with Gasteiger partial charge in [-0.25, -0.2) is 8.42 Å². The molecule has 9 heteroatoms. The lowest BCUT2D eigenvalue weighted by molar-refractivity contribution is 0.102. The van der Waals surface area contributed by atoms with Crippen LogP contribution in [-0.4, -0.2) is 29.9 Å². The van der Waals surface area contributed by atoms with Crippen LogP contribution in [0.3, 0.4) is 0 Å². The summed E-state index contributed by atoms with van der Waals surface area (Å²) < 4.78 is 49.1. The molecule has 0 aliphatic rings. The average molecular weight is 343 g/mol. The molecule has 0 unspecified atom stereocenters. The Balaban J connectivity index is 2.10. The van der Waals surface area contributed by atoms with Crippen LogP contribution in [0.15, 0.2) is 41.6 Å². The Morgan fingerprint density at radius 2 is 1.96 bits per heavy atom. The van der Waals surface area contributed by atoms with E-state index in [1.807, 2.05) is 6.92 Å². The maximum Gasteiger partial charge on any atom is 0.341 e. The van der Waals surface area contributed by atoms with E-state index in [1.54, 1.807) is 10.9 Å². The van der Waals surface area contributed by atoms with Crippen LogP contribution in [-0.2, 0) is 16.4 Å². The highest BCUT2D eigenvalue weighted by molar-refractivity contribution is 7.91. The molecule has 0 saturated heterocycles. The van der Waals surface area contributed by atoms with Crippen molar-refractivity contribution in [2.45, 2.75) is 30.5 Å². The van der Waals surface area contributed by atoms with E-state index >= 15 is 0 Å². The van der Waals surface area contributed by atoms with Gasteiger partial charge in [-0.05, 0) is 30.7 Å². The molecular weight excluding hydrogens is 328 g/mol. The summed E-state index contributed by atoms with van der Waals surface area (Å²) in [5.41, 5.74) is 0.647. The van der Waals surface area contributed by atoms with Gasteiger partial charge in [0.1, 0.15) is 0 Å². The van der Waals surface area contributed by atoms with Crippen LogP contribution >= 0.6 is 0 Å². The number of anilines is 1. The number of carbonyl (C=O) groups excluding carboxylic acids is 1. The number of rotatable bonds is 6. The summed E-state index contributed by atoms with van der Waals surface area (Å²) in [4.78, 5) is 11.5. The quantitative estimate of drug-likeness (QED) is 0.874. The molecule has 0 aliphatic heterocycles. The zero-order valence-electron chi connectivity index (χ0n) is 12.2. The van der Waals surface area contributed by atoms with Crippen molar-refractivity contribution in [3.05, 3.63) is 42.2 Å². The molecule has 1 aromatic heterocycles. The predicted molar refractivity (Wildman–Crippen MR) is 80.1 cm³/mol. The van der Waals surface area contributed by atoms with E-state index in [0.29, 0.717) is 17.8 Å². The van der Waals surface area contributed by atoms with Gasteiger partial charge in [-0.2, -0.15) is 13.9 Å². The molecule has 2 aromatic rings. The smallest absolute Gasteiger partial charge is 0.322 e. The summed E-state index contributed by atoms with van der Waals surface area (Å²) in [6, 6.07) is 4.56. The minimum atomic E-state index is -4.64. The Bertz CT molecular complexity index is 786. The molecule has 0 spiro atoms. The Morgan fingerprint density at radius 1 is 1.30 bits per heavy atom. The fourth-order valence-corrected chi connectivity index (χ4v) is 2.59. The van der Waals surface area contributed by atoms with Crippen molar-refractivity contribution in [1.29, 1.82) is 0 Å². The molecule has 0 fully saturated rings. The predicted octanol–water partition coefficient (Wildman–Crippen LogP) is 2.54. The monoisotopic (exact) mass is 343 g/mol. The normalized spacial score (nSPS) is 11.7. The van der Waals surface area contributed by atoms with Gasteiger partial charge >= 0.3 is 5.76 Å². The number of amides is 1. The van der Waals surface area contributed by atoms with Crippen LogP contribution in [0.25, 0.3) is 0 Å². The second kappa shape index (κ2) is 6.86. The first-order chi connectivity index (χ1) is 10.8. The largest absolute Gasteiger partial charge is 0.341 e. The van der Waals surface area contributed by atoms with Crippen molar-refractivity contribution in [2.24, 2.45) is 0 Å². The summed E-state index contributed by atoms with van der Waals surface area (Å²) in [5, 5.41) is 6.57. The first-order valence-electron chi connectivity index (χ1n) is 6.80. The number of carbonyl (C=O) groups is 1. The first-order valence-corrected chi connectivity index (χ1v) is 8.35. The van der Waals surface area contributed by atoms with Gasteiger partial charge in [0.05, 0.1) is 16.7 Å². The van der Waals surface area contributed by atoms with Gasteiger partial charge < -0.3 is 5.32 Å². The van der Waals surface area contributed by atoms with Crippen molar-refractivity contribution in [3.63, 3.8) is 0 Å². The molecule has 1 heterocycles. The zero-order valence-corrected chi connectivity index (χ0v) is 13.1. The molecule has 1 aromatic carbocycles. The highest BCUT2D eigenvalue weighted by atomic mass is 32.2. The third-order valence-electron chi connectivity index (χ3n) is 3.02. The molecule has 1 amide bonds. The van der Waals surface area contributed by atoms with Crippen molar-refractivity contribution in [2.75, 3.05) is 5.32 Å². The summed E-state index contributed by atoms with van der Waals surface area (Å²) in [7, 11) is -4.64. The van der Waals surface area contributed by atoms with Gasteiger partial charge in [-0.15, -0.1) is 0 Å². The number of aromatic nitrogens is 2. The van der Waals surface area contributed by atoms with Crippen molar-refractivity contribution < 1.29 is 22.0 Å². The molecule has 0 radical (unpaired) electrons. The summed E-state index contributed by atoms with van der Waals surface area (Å²) >= 11 is 0. The lowest BCUT2D eigenvalue weighted by atomic mass is 10.3. The van der Waals surface area contributed by atoms with E-state index in [2.05, 4.69) is 10.4 Å². The summed E-state index contributed by atoms with van der Waals surface area (Å²) in [5.74, 6) is -3.90. The average Bonchev–Trinajstić information content (AvgIpc) is 2.97. The molecule has 124 valence electrons. The molecule has 23 heavy (non-hydrogen) atoms. The van der Waals surface area contributed by atoms with Crippen molar-refractivity contribution in [1.82, 2.24) is 9.78 Å². The minimum absolute atomic E-state index is 0.298. The number of alkyl halides is 2. The van der Waals surface area contributed by atoms with Gasteiger partial charge in [0.2, 0.25) is 9.84 Å². The third kappa shape index (κ3) is 3.92. The van der Waals surface area contributed by atoms with Gasteiger partial charge in [-0.3, -0.25) is 9.48 Å². The first kappa shape index (κ1) is 17.1. The van der Waals surface area contributed by atoms with Gasteiger partial charge in [-0.1, -0.05) is 6.92 Å². The second-order valence-electron chi connectivity index (χ2n) is 4.78. The number of nitrogens with zero attached hydrogens (tertiary/aromatic N) is 2. The maximum atomic E-state index is 12.4. The van der Waals surface area contributed by atoms with E-state index < -0.39 is 26.4 Å². The van der Waals surface area contributed by atoms with Crippen molar-refractivity contribution in [3.8, 4) is 0 Å². The Morgan fingerprint density at radius 3 is 2.52 bits per heavy atom. The fraction of sp³-hybridized carbons (Fsp3) is 0.286. The highest BCUT2D eigenvalue weighted by Crippen LogP contribution is 2.20. The van der Waals surface area contributed by atoms with Gasteiger partial charge in [0.15, 0.2) is 0 Å². The molecule has 0 bridgehead atoms. The lowest BCUT2D eigenvalue weighted by Gasteiger charge is -2.06. The van der Waals surface area contributed by atoms with Crippen LogP contribution in [0.2, 0.25) is 0 Å². The number of halogens is 2. The number of aryl methyl sites for hydroxylation is 1. The molecule has 2 rings (SSSR count). The van der Waals surface area contributed by atoms with Crippen molar-refractivity contribution >= 4 is 21.4 Å². The minimum Gasteiger partial charge on any atom is -0.322 e. The van der Waals surface area contributed by atoms with E-state index in [4.69, 9.17) is 0 Å². The third-order valence-corrected chi connectivity index (χ3v) is 4.42. The number of hydrogen-bond donors (Lipinski definition) is 1. The Kier molecular flexibility index (Phi) is 5.09. The molecule has 1 N–H and O–H groups in total. The van der Waals surface area contributed by atoms with Crippen LogP contribution in [0.4, 0.5) is 14.5 Å². The van der Waals surface area contributed by atoms with Crippen LogP contribution in [0, 0.1) is 0 Å². The second-order valence-corrected chi connectivity index (χ2v) is 6.69. The van der Waals surface area contributed by atoms with Crippen LogP contribution in [0.5, 0.6) is 0 Å². The Labute approximate surface area is 132 Å². The highest BCUT2D eigenvalue weighted by Gasteiger charge is 2.26. The number of hydrogen-bond acceptors (Lipinski definition) is 4. The fourth-order valence-electron chi connectivity index (χ4n) is 1.87. The van der Waals surface area contributed by atoms with Crippen LogP contribution in [0.1, 0.15) is 23.7 Å². The van der Waals surface area contributed by atoms with E-state index in [1.165, 1.54) is 18.3 Å². The maximum absolute atomic E-state index is 12.4. The number of benzene rings is 1. The SMILES string of the molecule is CCCn1cc(C(=O)Nc2ccc(S(=O)(=O)C(F)F)cc2)cn1. The molecule has 0 saturated carbocycles. The van der Waals surface area contributed by atoms with Gasteiger partial charge in [0.25, 0.3) is 5.91 Å². The Hall–Kier alpha value is -2.29. The molecule has 6 nitrogen and oxygen atoms in total. The molecule has 0 atom stereocenters. The summed E-state index contributed by atoms with van der Waals surface area (Å²) in [6.45, 7) is 2.67. The summed E-state index contributed by atoms with van der Waals surface area (Å²) in [6.07, 6.45) is 3.89. The van der Waals surface area contributed by atoms with Gasteiger partial charge in [0, 0.05) is 18.4 Å². The molecular formula is C14H15F2N3O3S. The number of nitrogens with one attached hydrogen (secondary N) is 1. The molecule has 0 aliphatic carbocycles. The lowest BCUT2D eigenvalue weighted by Crippen LogP contribution is -2.13. The zero-order chi connectivity index (χ0) is 17.0. The standard InChI is InChI=1S/C14H15F2N3O3S/c1-2-7-19-9-10(8-17-19)13(20)18-11-3-5-12(6-4-11)23(21,22)14(15)16/h3-6,8-9,14H,2,7H2,1H3,(H,18,20). The van der Waals surface area contributed by atoms with E-state index in [0.717, 1.165) is 18.6 Å². The van der Waals surface area contributed by atoms with E-state index in [9.17, 15) is 22.0 Å². The van der Waals surface area contributed by atoms with E-state index in [-0.39, 0.29) is 0 Å².